The van der Waals surface area contributed by atoms with Gasteiger partial charge in [0.25, 0.3) is 11.5 Å². The summed E-state index contributed by atoms with van der Waals surface area (Å²) in [6, 6.07) is 17.6. The number of amides is 2. The van der Waals surface area contributed by atoms with Crippen LogP contribution in [0, 0.1) is 5.92 Å². The Labute approximate surface area is 233 Å². The van der Waals surface area contributed by atoms with Gasteiger partial charge in [0.15, 0.2) is 0 Å². The highest BCUT2D eigenvalue weighted by Crippen LogP contribution is 2.43. The van der Waals surface area contributed by atoms with Crippen molar-refractivity contribution < 1.29 is 9.59 Å². The maximum absolute atomic E-state index is 13.3. The predicted molar refractivity (Wildman–Crippen MR) is 154 cm³/mol. The minimum atomic E-state index is -0.259. The Balaban J connectivity index is 1.27. The lowest BCUT2D eigenvalue weighted by Crippen LogP contribution is -2.51. The van der Waals surface area contributed by atoms with Gasteiger partial charge in [-0.3, -0.25) is 14.4 Å². The van der Waals surface area contributed by atoms with E-state index < -0.39 is 0 Å². The van der Waals surface area contributed by atoms with Crippen molar-refractivity contribution in [3.05, 3.63) is 111 Å². The number of hydrogen-bond acceptors (Lipinski definition) is 5. The molecular formula is C32H33N5O3. The molecule has 1 saturated carbocycles. The van der Waals surface area contributed by atoms with Crippen LogP contribution in [0.5, 0.6) is 0 Å². The second-order valence-electron chi connectivity index (χ2n) is 10.7. The van der Waals surface area contributed by atoms with Crippen LogP contribution < -0.4 is 10.9 Å². The third-order valence-electron chi connectivity index (χ3n) is 8.12. The van der Waals surface area contributed by atoms with Crippen LogP contribution >= 0.6 is 0 Å². The van der Waals surface area contributed by atoms with E-state index in [1.165, 1.54) is 0 Å². The molecular weight excluding hydrogens is 502 g/mol. The molecule has 1 aromatic heterocycles. The molecule has 3 heterocycles. The fourth-order valence-corrected chi connectivity index (χ4v) is 5.87. The van der Waals surface area contributed by atoms with Crippen LogP contribution in [-0.2, 0) is 4.79 Å². The molecule has 6 rings (SSSR count). The van der Waals surface area contributed by atoms with Crippen molar-refractivity contribution in [1.82, 2.24) is 25.3 Å². The second kappa shape index (κ2) is 10.6. The number of hydrogen-bond donors (Lipinski definition) is 2. The van der Waals surface area contributed by atoms with Crippen molar-refractivity contribution in [2.24, 2.45) is 5.92 Å². The van der Waals surface area contributed by atoms with E-state index in [2.05, 4.69) is 34.2 Å². The summed E-state index contributed by atoms with van der Waals surface area (Å²) in [4.78, 5) is 42.0. The summed E-state index contributed by atoms with van der Waals surface area (Å²) in [5.41, 5.74) is 5.04. The molecule has 2 amide bonds. The van der Waals surface area contributed by atoms with Gasteiger partial charge in [0.1, 0.15) is 0 Å². The number of aromatic amines is 1. The van der Waals surface area contributed by atoms with Gasteiger partial charge in [-0.15, -0.1) is 0 Å². The second-order valence-corrected chi connectivity index (χ2v) is 10.7. The number of carbonyl (C=O) groups is 2. The van der Waals surface area contributed by atoms with Gasteiger partial charge in [-0.25, -0.2) is 5.10 Å². The summed E-state index contributed by atoms with van der Waals surface area (Å²) in [5, 5.41) is 10.8. The molecule has 0 bridgehead atoms. The lowest BCUT2D eigenvalue weighted by atomic mass is 9.78. The van der Waals surface area contributed by atoms with E-state index in [0.29, 0.717) is 43.0 Å². The zero-order chi connectivity index (χ0) is 27.8. The molecule has 40 heavy (non-hydrogen) atoms. The Morgan fingerprint density at radius 3 is 2.27 bits per heavy atom. The third-order valence-corrected chi connectivity index (χ3v) is 8.12. The fraction of sp³-hybridized carbons (Fsp3) is 0.312. The average Bonchev–Trinajstić information content (AvgIpc) is 3.84. The van der Waals surface area contributed by atoms with Crippen LogP contribution in [0.2, 0.25) is 0 Å². The van der Waals surface area contributed by atoms with Gasteiger partial charge in [-0.05, 0) is 43.0 Å². The first-order valence-electron chi connectivity index (χ1n) is 13.9. The topological polar surface area (TPSA) is 98.4 Å². The molecule has 0 radical (unpaired) electrons. The monoisotopic (exact) mass is 535 g/mol. The smallest absolute Gasteiger partial charge is 0.272 e. The zero-order valence-corrected chi connectivity index (χ0v) is 22.6. The Kier molecular flexibility index (Phi) is 6.84. The van der Waals surface area contributed by atoms with Gasteiger partial charge in [0.2, 0.25) is 5.91 Å². The predicted octanol–water partition coefficient (Wildman–Crippen LogP) is 3.94. The fourth-order valence-electron chi connectivity index (χ4n) is 5.87. The molecule has 1 aliphatic carbocycles. The van der Waals surface area contributed by atoms with Gasteiger partial charge >= 0.3 is 0 Å². The van der Waals surface area contributed by atoms with E-state index in [4.69, 9.17) is 0 Å². The van der Waals surface area contributed by atoms with Gasteiger partial charge < -0.3 is 15.1 Å². The molecule has 2 aromatic carbocycles. The normalized spacial score (nSPS) is 20.8. The van der Waals surface area contributed by atoms with Crippen LogP contribution in [0.1, 0.15) is 70.0 Å². The summed E-state index contributed by atoms with van der Waals surface area (Å²) in [7, 11) is 0. The summed E-state index contributed by atoms with van der Waals surface area (Å²) >= 11 is 0. The highest BCUT2D eigenvalue weighted by atomic mass is 16.2. The Morgan fingerprint density at radius 2 is 1.62 bits per heavy atom. The van der Waals surface area contributed by atoms with E-state index in [9.17, 15) is 14.4 Å². The number of carbonyl (C=O) groups excluding carboxylic acids is 2. The SMILES string of the molecule is C=C1NC(c2ccc(C(=O)N3CCN(C(=O)C4CC4)CC3)cc2)C(c2ccccc2)c2n[nH]c(=O)c(/C=C\C)c21. The van der Waals surface area contributed by atoms with Crippen LogP contribution in [0.4, 0.5) is 0 Å². The lowest BCUT2D eigenvalue weighted by Gasteiger charge is -2.37. The van der Waals surface area contributed by atoms with Crippen molar-refractivity contribution in [1.29, 1.82) is 0 Å². The molecule has 204 valence electrons. The number of nitrogens with zero attached hydrogens (tertiary/aromatic N) is 3. The van der Waals surface area contributed by atoms with Gasteiger partial charge in [0.05, 0.1) is 23.2 Å². The molecule has 3 aromatic rings. The van der Waals surface area contributed by atoms with Crippen molar-refractivity contribution in [3.8, 4) is 0 Å². The minimum absolute atomic E-state index is 0.0220. The average molecular weight is 536 g/mol. The first-order valence-corrected chi connectivity index (χ1v) is 13.9. The van der Waals surface area contributed by atoms with E-state index in [0.717, 1.165) is 35.2 Å². The maximum atomic E-state index is 13.3. The van der Waals surface area contributed by atoms with Crippen LogP contribution in [0.15, 0.2) is 72.0 Å². The first-order chi connectivity index (χ1) is 19.5. The quantitative estimate of drug-likeness (QED) is 0.516. The largest absolute Gasteiger partial charge is 0.377 e. The molecule has 2 unspecified atom stereocenters. The number of piperazine rings is 1. The standard InChI is InChI=1S/C32H33N5O3/c1-3-7-25-26-20(2)33-28(27(21-8-5-4-6-9-21)29(26)34-35-30(25)38)22-10-12-23(13-11-22)31(39)36-16-18-37(19-17-36)32(40)24-14-15-24/h3-13,24,27-28,33H,2,14-19H2,1H3,(H,35,38)/b7-3-. The maximum Gasteiger partial charge on any atom is 0.272 e. The van der Waals surface area contributed by atoms with E-state index in [1.807, 2.05) is 65.3 Å². The molecule has 0 spiro atoms. The Bertz CT molecular complexity index is 1530. The number of aromatic nitrogens is 2. The van der Waals surface area contributed by atoms with E-state index in [1.54, 1.807) is 6.08 Å². The number of nitrogens with one attached hydrogen (secondary N) is 2. The number of benzene rings is 2. The van der Waals surface area contributed by atoms with Gasteiger partial charge in [-0.2, -0.15) is 5.10 Å². The molecule has 3 aliphatic rings. The summed E-state index contributed by atoms with van der Waals surface area (Å²) < 4.78 is 0. The first kappa shape index (κ1) is 25.8. The highest BCUT2D eigenvalue weighted by molar-refractivity contribution is 5.94. The van der Waals surface area contributed by atoms with Crippen molar-refractivity contribution >= 4 is 23.6 Å². The number of rotatable bonds is 5. The van der Waals surface area contributed by atoms with Crippen molar-refractivity contribution in [2.75, 3.05) is 26.2 Å². The van der Waals surface area contributed by atoms with Crippen LogP contribution in [-0.4, -0.2) is 58.0 Å². The molecule has 8 nitrogen and oxygen atoms in total. The van der Waals surface area contributed by atoms with Crippen molar-refractivity contribution in [2.45, 2.75) is 31.7 Å². The molecule has 2 atom stereocenters. The molecule has 1 saturated heterocycles. The Morgan fingerprint density at radius 1 is 0.950 bits per heavy atom. The summed E-state index contributed by atoms with van der Waals surface area (Å²) in [6.45, 7) is 8.42. The van der Waals surface area contributed by atoms with E-state index in [-0.39, 0.29) is 35.3 Å². The third kappa shape index (κ3) is 4.74. The summed E-state index contributed by atoms with van der Waals surface area (Å²) in [5.74, 6) is 0.229. The number of allylic oxidation sites excluding steroid dienone is 1. The van der Waals surface area contributed by atoms with Crippen LogP contribution in [0.3, 0.4) is 0 Å². The number of fused-ring (bicyclic) bond motifs is 1. The van der Waals surface area contributed by atoms with Crippen LogP contribution in [0.25, 0.3) is 11.8 Å². The van der Waals surface area contributed by atoms with Gasteiger partial charge in [-0.1, -0.05) is 61.2 Å². The van der Waals surface area contributed by atoms with E-state index >= 15 is 0 Å². The lowest BCUT2D eigenvalue weighted by molar-refractivity contribution is -0.134. The number of H-pyrrole nitrogens is 1. The highest BCUT2D eigenvalue weighted by Gasteiger charge is 2.37. The van der Waals surface area contributed by atoms with Gasteiger partial charge in [0, 0.05) is 48.9 Å². The molecule has 8 heteroatoms. The zero-order valence-electron chi connectivity index (χ0n) is 22.6. The summed E-state index contributed by atoms with van der Waals surface area (Å²) in [6.07, 6.45) is 5.61. The molecule has 2 fully saturated rings. The minimum Gasteiger partial charge on any atom is -0.377 e. The van der Waals surface area contributed by atoms with Crippen molar-refractivity contribution in [3.63, 3.8) is 0 Å². The Hall–Kier alpha value is -4.46. The molecule has 2 aliphatic heterocycles. The molecule has 2 N–H and O–H groups in total.